The highest BCUT2D eigenvalue weighted by atomic mass is 16.7. The maximum Gasteiger partial charge on any atom is 0.407 e. The van der Waals surface area contributed by atoms with Crippen LogP contribution in [0.1, 0.15) is 187 Å². The van der Waals surface area contributed by atoms with Crippen molar-refractivity contribution in [2.75, 3.05) is 148 Å². The number of phenolic OH excluding ortho intramolecular Hbond substituents is 2. The van der Waals surface area contributed by atoms with Gasteiger partial charge in [-0.25, -0.2) is 14.6 Å². The SMILES string of the molecule is CCc1c2[nH]c(c1CC)CC1N=C(C=Nc3cc(OCCOCCOCCOC)c(OCCOCCOCCOC)cc3N=CC3=NC(=C2)C(CCCNC(=O)OCCCCCCOC(=O)N[C@H]2C[C@@H](OC4C[C@](O)(C(=O)CO)Cc5c(O)c6c(c(O)c54)C(=O)c4c(OC)cccc4C6=O)O[C@@H](C)[C@H]2O)=C3C)C(C)=C1CCCOC(c1ccccc1)(c1ccc(OC)cc1)c1ccc(OC)cc1. The number of aliphatic imine (C=N–C) groups is 4. The van der Waals surface area contributed by atoms with Crippen molar-refractivity contribution in [3.8, 4) is 40.2 Å². The van der Waals surface area contributed by atoms with Crippen molar-refractivity contribution >= 4 is 70.8 Å². The summed E-state index contributed by atoms with van der Waals surface area (Å²) in [4.78, 5) is 93.6. The molecule has 7 atom stereocenters. The molecule has 1 fully saturated rings. The van der Waals surface area contributed by atoms with E-state index in [9.17, 15) is 49.5 Å². The maximum absolute atomic E-state index is 14.2. The number of ketones is 3. The van der Waals surface area contributed by atoms with E-state index in [2.05, 4.69) is 78.9 Å². The van der Waals surface area contributed by atoms with E-state index in [-0.39, 0.29) is 86.7 Å². The number of hydrogen-bond acceptors (Lipinski definition) is 30. The van der Waals surface area contributed by atoms with Crippen LogP contribution in [0.2, 0.25) is 0 Å². The Kier molecular flexibility index (Phi) is 37.0. The number of allylic oxidation sites excluding steroid dienone is 3. The molecule has 4 aliphatic heterocycles. The van der Waals surface area contributed by atoms with Crippen LogP contribution in [0.25, 0.3) is 6.08 Å². The van der Waals surface area contributed by atoms with Gasteiger partial charge in [0.25, 0.3) is 0 Å². The number of aliphatic hydroxyl groups is 3. The molecule has 5 heterocycles. The maximum atomic E-state index is 14.2. The summed E-state index contributed by atoms with van der Waals surface area (Å²) in [6.45, 7) is 13.8. The highest BCUT2D eigenvalue weighted by Gasteiger charge is 2.51. The topological polar surface area (TPSA) is 423 Å². The molecule has 137 heavy (non-hydrogen) atoms. The van der Waals surface area contributed by atoms with E-state index >= 15 is 0 Å². The number of aromatic amines is 1. The minimum Gasteiger partial charge on any atom is -0.507 e. The number of benzene rings is 6. The number of aromatic nitrogens is 1. The number of fused-ring (bicyclic) bond motifs is 8. The van der Waals surface area contributed by atoms with E-state index in [0.29, 0.717) is 146 Å². The van der Waals surface area contributed by atoms with E-state index in [1.807, 2.05) is 67.7 Å². The van der Waals surface area contributed by atoms with E-state index in [0.717, 1.165) is 86.1 Å². The third-order valence-corrected chi connectivity index (χ3v) is 25.5. The molecule has 2 unspecified atom stereocenters. The number of carbonyl (C=O) groups is 5. The summed E-state index contributed by atoms with van der Waals surface area (Å²) in [6, 6.07) is 33.0. The standard InChI is InChI=1S/C104H127N7O26/c1-11-71-72(12-2)78-54-80-74(27-22-40-135-104(66-23-16-15-17-24-66,67-29-33-69(124-8)34-30-67)68-31-35-70(125-9)36-32-68)64(4)85(110-80)61-107-82-56-88(132-52-50-130-48-46-128-44-42-123-7)87(131-51-49-129-47-45-127-43-41-122-6)55-81(82)106-60-84-63(3)73(79(109-84)53-77(71)108-78)26-21-37-105-101(119)133-38-18-13-14-19-39-134-102(120)111-83-57-91(136-65(5)96(83)114)137-89-59-103(121,90(113)62-112)58-76-93(89)100(118)95-94(98(76)116)97(115)75-25-20-28-86(126-10)92(75)99(95)117/h15-17,20,23-25,28-36,53,55-56,60-61,65,80,83,89,91,96,108,112,114,116,118,121H,11-14,18-19,21-22,26-27,37-52,54,57-59,62H2,1-10H3,(H,105,119)(H,111,120)/t65-,80?,83-,89?,91+,96+,103-/m0/s1. The number of amides is 2. The zero-order valence-electron chi connectivity index (χ0n) is 79.6. The van der Waals surface area contributed by atoms with Gasteiger partial charge in [-0.05, 0) is 171 Å². The third-order valence-electron chi connectivity index (χ3n) is 25.5. The first-order valence-electron chi connectivity index (χ1n) is 46.9. The van der Waals surface area contributed by atoms with Gasteiger partial charge >= 0.3 is 12.2 Å². The van der Waals surface area contributed by atoms with Gasteiger partial charge in [-0.3, -0.25) is 29.4 Å². The van der Waals surface area contributed by atoms with Crippen molar-refractivity contribution in [3.63, 3.8) is 0 Å². The number of unbranched alkanes of at least 4 members (excludes halogenated alkanes) is 3. The highest BCUT2D eigenvalue weighted by molar-refractivity contribution is 6.41. The average molecular weight is 1890 g/mol. The second-order valence-electron chi connectivity index (χ2n) is 34.1. The van der Waals surface area contributed by atoms with Gasteiger partial charge < -0.3 is 117 Å². The summed E-state index contributed by atoms with van der Waals surface area (Å²) in [5, 5.41) is 62.5. The Morgan fingerprint density at radius 3 is 1.78 bits per heavy atom. The van der Waals surface area contributed by atoms with Crippen LogP contribution < -0.4 is 34.3 Å². The predicted octanol–water partition coefficient (Wildman–Crippen LogP) is 13.8. The second kappa shape index (κ2) is 49.5. The molecule has 0 saturated carbocycles. The van der Waals surface area contributed by atoms with Crippen LogP contribution in [0, 0.1) is 0 Å². The van der Waals surface area contributed by atoms with Crippen molar-refractivity contribution in [1.82, 2.24) is 15.6 Å². The molecule has 13 rings (SSSR count). The number of phenols is 2. The Hall–Kier alpha value is -11.8. The third kappa shape index (κ3) is 24.7. The lowest BCUT2D eigenvalue weighted by molar-refractivity contribution is -0.249. The number of aromatic hydroxyl groups is 2. The van der Waals surface area contributed by atoms with Crippen LogP contribution in [-0.2, 0) is 88.2 Å². The molecule has 6 aromatic carbocycles. The van der Waals surface area contributed by atoms with Crippen LogP contribution >= 0.6 is 0 Å². The van der Waals surface area contributed by atoms with Gasteiger partial charge in [0.1, 0.15) is 65.9 Å². The number of methoxy groups -OCH3 is 5. The molecule has 33 nitrogen and oxygen atoms in total. The zero-order valence-corrected chi connectivity index (χ0v) is 79.6. The number of Topliss-reactive ketones (excluding diaryl/α,β-unsaturated/α-hetero) is 1. The summed E-state index contributed by atoms with van der Waals surface area (Å²) < 4.78 is 94.2. The van der Waals surface area contributed by atoms with Gasteiger partial charge in [0.05, 0.1) is 183 Å². The monoisotopic (exact) mass is 1890 g/mol. The molecular weight excluding hydrogens is 1760 g/mol. The fourth-order valence-corrected chi connectivity index (χ4v) is 18.3. The minimum atomic E-state index is -2.40. The molecule has 33 heteroatoms. The van der Waals surface area contributed by atoms with E-state index in [1.165, 1.54) is 43.4 Å². The van der Waals surface area contributed by atoms with Gasteiger partial charge in [0.15, 0.2) is 29.4 Å². The van der Waals surface area contributed by atoms with Crippen molar-refractivity contribution in [1.29, 1.82) is 0 Å². The first kappa shape index (κ1) is 103. The van der Waals surface area contributed by atoms with Gasteiger partial charge in [-0.15, -0.1) is 0 Å². The summed E-state index contributed by atoms with van der Waals surface area (Å²) in [6.07, 6.45) is 4.22. The number of alkyl carbamates (subject to hydrolysis) is 2. The van der Waals surface area contributed by atoms with Gasteiger partial charge in [0.2, 0.25) is 5.78 Å². The molecule has 6 aliphatic rings. The molecule has 0 radical (unpaired) electrons. The first-order chi connectivity index (χ1) is 66.5. The Labute approximate surface area is 798 Å². The molecule has 8 N–H and O–H groups in total. The predicted molar refractivity (Wildman–Crippen MR) is 513 cm³/mol. The van der Waals surface area contributed by atoms with Crippen LogP contribution in [-0.4, -0.2) is 268 Å². The first-order valence-corrected chi connectivity index (χ1v) is 46.9. The fraction of sp³-hybridized carbons (Fsp3) is 0.471. The summed E-state index contributed by atoms with van der Waals surface area (Å²) >= 11 is 0. The molecule has 0 spiro atoms. The molecule has 7 aromatic rings. The Morgan fingerprint density at radius 1 is 0.606 bits per heavy atom. The van der Waals surface area contributed by atoms with E-state index < -0.39 is 113 Å². The highest BCUT2D eigenvalue weighted by Crippen LogP contribution is 2.54. The van der Waals surface area contributed by atoms with Crippen LogP contribution in [0.4, 0.5) is 21.0 Å². The second-order valence-corrected chi connectivity index (χ2v) is 34.1. The van der Waals surface area contributed by atoms with Crippen LogP contribution in [0.15, 0.2) is 157 Å². The van der Waals surface area contributed by atoms with Crippen LogP contribution in [0.5, 0.6) is 40.2 Å². The molecular formula is C104H127N7O26. The van der Waals surface area contributed by atoms with Gasteiger partial charge in [0, 0.05) is 93.3 Å². The fourth-order valence-electron chi connectivity index (χ4n) is 18.3. The van der Waals surface area contributed by atoms with E-state index in [4.69, 9.17) is 95.8 Å². The largest absolute Gasteiger partial charge is 0.507 e. The summed E-state index contributed by atoms with van der Waals surface area (Å²) in [7, 11) is 7.87. The number of aliphatic hydroxyl groups excluding tert-OH is 2. The Balaban J connectivity index is 0.672. The van der Waals surface area contributed by atoms with Crippen molar-refractivity contribution in [2.24, 2.45) is 20.0 Å². The molecule has 2 amide bonds. The van der Waals surface area contributed by atoms with Crippen molar-refractivity contribution in [2.45, 2.75) is 172 Å². The summed E-state index contributed by atoms with van der Waals surface area (Å²) in [5.74, 6) is -1.98. The van der Waals surface area contributed by atoms with Crippen molar-refractivity contribution < 1.29 is 125 Å². The lowest BCUT2D eigenvalue weighted by Crippen LogP contribution is -2.56. The minimum absolute atomic E-state index is 0.000967. The van der Waals surface area contributed by atoms with Crippen molar-refractivity contribution in [3.05, 3.63) is 210 Å². The number of ether oxygens (including phenoxy) is 16. The molecule has 1 aromatic heterocycles. The Morgan fingerprint density at radius 2 is 1.19 bits per heavy atom. The number of nitrogens with zero attached hydrogens (tertiary/aromatic N) is 4. The molecule has 6 bridgehead atoms. The van der Waals surface area contributed by atoms with E-state index in [1.54, 1.807) is 34.7 Å². The van der Waals surface area contributed by atoms with Gasteiger partial charge in [-0.1, -0.05) is 80.6 Å². The number of carbonyl (C=O) groups excluding carboxylic acids is 5. The Bertz CT molecular complexity index is 5540. The number of rotatable bonds is 49. The zero-order chi connectivity index (χ0) is 97.1. The normalized spacial score (nSPS) is 18.9. The lowest BCUT2D eigenvalue weighted by atomic mass is 9.72. The summed E-state index contributed by atoms with van der Waals surface area (Å²) in [5.41, 5.74) is 9.00. The smallest absolute Gasteiger partial charge is 0.407 e. The quantitative estimate of drug-likeness (QED) is 0.00997. The average Bonchev–Trinajstić information content (AvgIpc) is 1.10. The molecule has 2 aliphatic carbocycles. The number of H-pyrrole nitrogens is 1. The number of hydrogen-bond donors (Lipinski definition) is 8. The number of nitrogens with one attached hydrogen (secondary N) is 3. The molecule has 734 valence electrons. The lowest BCUT2D eigenvalue weighted by Gasteiger charge is -2.42. The molecule has 1 saturated heterocycles. The van der Waals surface area contributed by atoms with Gasteiger partial charge in [-0.2, -0.15) is 0 Å². The van der Waals surface area contributed by atoms with Crippen LogP contribution in [0.3, 0.4) is 0 Å².